The average molecular weight is 312 g/mol. The molecular weight excluding hydrogens is 292 g/mol. The summed E-state index contributed by atoms with van der Waals surface area (Å²) in [7, 11) is 3.15. The van der Waals surface area contributed by atoms with Crippen molar-refractivity contribution in [2.24, 2.45) is 0 Å². The van der Waals surface area contributed by atoms with Crippen LogP contribution in [0, 0.1) is 0 Å². The maximum absolute atomic E-state index is 12.3. The molecule has 0 spiro atoms. The molecule has 5 nitrogen and oxygen atoms in total. The first-order valence-corrected chi connectivity index (χ1v) is 7.56. The van der Waals surface area contributed by atoms with E-state index in [1.165, 1.54) is 11.1 Å². The van der Waals surface area contributed by atoms with Gasteiger partial charge in [-0.2, -0.15) is 0 Å². The summed E-state index contributed by atoms with van der Waals surface area (Å²) in [5.41, 5.74) is 3.19. The number of urea groups is 1. The van der Waals surface area contributed by atoms with E-state index in [1.807, 2.05) is 12.1 Å². The van der Waals surface area contributed by atoms with E-state index in [-0.39, 0.29) is 12.1 Å². The van der Waals surface area contributed by atoms with Crippen molar-refractivity contribution in [3.8, 4) is 11.5 Å². The van der Waals surface area contributed by atoms with Crippen LogP contribution in [0.1, 0.15) is 11.1 Å². The third-order valence-corrected chi connectivity index (χ3v) is 4.04. The van der Waals surface area contributed by atoms with Gasteiger partial charge in [0.1, 0.15) is 11.5 Å². The number of carbonyl (C=O) groups is 1. The van der Waals surface area contributed by atoms with Gasteiger partial charge in [-0.1, -0.05) is 24.3 Å². The number of ether oxygens (including phenoxy) is 2. The Labute approximate surface area is 135 Å². The van der Waals surface area contributed by atoms with Gasteiger partial charge in [-0.25, -0.2) is 4.79 Å². The lowest BCUT2D eigenvalue weighted by atomic mass is 10.1. The van der Waals surface area contributed by atoms with Crippen LogP contribution in [-0.2, 0) is 12.8 Å². The number of amides is 2. The minimum absolute atomic E-state index is 0.115. The summed E-state index contributed by atoms with van der Waals surface area (Å²) in [6.45, 7) is 0. The number of anilines is 1. The Morgan fingerprint density at radius 1 is 1.04 bits per heavy atom. The zero-order chi connectivity index (χ0) is 16.2. The van der Waals surface area contributed by atoms with Crippen molar-refractivity contribution in [2.45, 2.75) is 18.9 Å². The predicted molar refractivity (Wildman–Crippen MR) is 89.3 cm³/mol. The highest BCUT2D eigenvalue weighted by atomic mass is 16.5. The zero-order valence-corrected chi connectivity index (χ0v) is 13.3. The van der Waals surface area contributed by atoms with Crippen molar-refractivity contribution in [3.05, 3.63) is 53.6 Å². The van der Waals surface area contributed by atoms with Gasteiger partial charge in [0.15, 0.2) is 0 Å². The van der Waals surface area contributed by atoms with E-state index in [1.54, 1.807) is 32.4 Å². The van der Waals surface area contributed by atoms with Crippen molar-refractivity contribution in [2.75, 3.05) is 19.5 Å². The summed E-state index contributed by atoms with van der Waals surface area (Å²) in [6, 6.07) is 13.4. The maximum atomic E-state index is 12.3. The van der Waals surface area contributed by atoms with Crippen molar-refractivity contribution < 1.29 is 14.3 Å². The number of rotatable bonds is 4. The molecule has 0 aliphatic heterocycles. The number of hydrogen-bond acceptors (Lipinski definition) is 3. The summed E-state index contributed by atoms with van der Waals surface area (Å²) in [5.74, 6) is 1.25. The molecule has 1 aliphatic rings. The maximum Gasteiger partial charge on any atom is 0.319 e. The molecule has 2 aromatic rings. The fourth-order valence-corrected chi connectivity index (χ4v) is 2.92. The second-order valence-electron chi connectivity index (χ2n) is 5.54. The molecule has 0 heterocycles. The summed E-state index contributed by atoms with van der Waals surface area (Å²) < 4.78 is 10.5. The summed E-state index contributed by atoms with van der Waals surface area (Å²) in [5, 5.41) is 5.85. The number of carbonyl (C=O) groups excluding carboxylic acids is 1. The molecule has 0 atom stereocenters. The van der Waals surface area contributed by atoms with Crippen LogP contribution in [-0.4, -0.2) is 26.3 Å². The summed E-state index contributed by atoms with van der Waals surface area (Å²) in [4.78, 5) is 12.3. The first-order valence-electron chi connectivity index (χ1n) is 7.56. The molecule has 23 heavy (non-hydrogen) atoms. The Morgan fingerprint density at radius 2 is 1.74 bits per heavy atom. The average Bonchev–Trinajstić information content (AvgIpc) is 2.96. The van der Waals surface area contributed by atoms with Crippen LogP contribution >= 0.6 is 0 Å². The van der Waals surface area contributed by atoms with Crippen molar-refractivity contribution in [3.63, 3.8) is 0 Å². The number of hydrogen-bond donors (Lipinski definition) is 2. The Bertz CT molecular complexity index is 690. The highest BCUT2D eigenvalue weighted by Gasteiger charge is 2.22. The molecule has 2 aromatic carbocycles. The molecule has 2 amide bonds. The van der Waals surface area contributed by atoms with E-state index in [2.05, 4.69) is 22.8 Å². The summed E-state index contributed by atoms with van der Waals surface area (Å²) in [6.07, 6.45) is 1.72. The van der Waals surface area contributed by atoms with Gasteiger partial charge in [0, 0.05) is 12.1 Å². The van der Waals surface area contributed by atoms with Gasteiger partial charge in [-0.3, -0.25) is 0 Å². The first-order chi connectivity index (χ1) is 11.2. The normalized spacial score (nSPS) is 13.3. The zero-order valence-electron chi connectivity index (χ0n) is 13.3. The number of benzene rings is 2. The molecule has 5 heteroatoms. The molecular formula is C18H20N2O3. The van der Waals surface area contributed by atoms with Crippen molar-refractivity contribution >= 4 is 11.7 Å². The summed E-state index contributed by atoms with van der Waals surface area (Å²) >= 11 is 0. The molecule has 0 aromatic heterocycles. The van der Waals surface area contributed by atoms with Crippen LogP contribution in [0.15, 0.2) is 42.5 Å². The van der Waals surface area contributed by atoms with Crippen LogP contribution in [0.2, 0.25) is 0 Å². The Kier molecular flexibility index (Phi) is 4.37. The van der Waals surface area contributed by atoms with E-state index in [4.69, 9.17) is 9.47 Å². The van der Waals surface area contributed by atoms with Gasteiger partial charge >= 0.3 is 6.03 Å². The number of methoxy groups -OCH3 is 2. The molecule has 1 aliphatic carbocycles. The quantitative estimate of drug-likeness (QED) is 0.912. The second-order valence-corrected chi connectivity index (χ2v) is 5.54. The lowest BCUT2D eigenvalue weighted by Gasteiger charge is -2.15. The number of nitrogens with one attached hydrogen (secondary N) is 2. The van der Waals surface area contributed by atoms with Crippen molar-refractivity contribution in [1.82, 2.24) is 5.32 Å². The van der Waals surface area contributed by atoms with E-state index >= 15 is 0 Å². The monoisotopic (exact) mass is 312 g/mol. The highest BCUT2D eigenvalue weighted by Crippen LogP contribution is 2.29. The van der Waals surface area contributed by atoms with E-state index in [0.29, 0.717) is 17.2 Å². The van der Waals surface area contributed by atoms with Crippen LogP contribution in [0.5, 0.6) is 11.5 Å². The molecule has 0 saturated heterocycles. The molecule has 120 valence electrons. The molecule has 0 saturated carbocycles. The Balaban J connectivity index is 1.64. The van der Waals surface area contributed by atoms with Gasteiger partial charge in [0.2, 0.25) is 0 Å². The third kappa shape index (κ3) is 3.39. The minimum atomic E-state index is -0.241. The van der Waals surface area contributed by atoms with Crippen LogP contribution in [0.4, 0.5) is 10.5 Å². The number of fused-ring (bicyclic) bond motifs is 1. The fourth-order valence-electron chi connectivity index (χ4n) is 2.92. The third-order valence-electron chi connectivity index (χ3n) is 4.04. The van der Waals surface area contributed by atoms with Gasteiger partial charge in [0.05, 0.1) is 19.9 Å². The largest absolute Gasteiger partial charge is 0.497 e. The Morgan fingerprint density at radius 3 is 2.35 bits per heavy atom. The van der Waals surface area contributed by atoms with E-state index in [9.17, 15) is 4.79 Å². The predicted octanol–water partition coefficient (Wildman–Crippen LogP) is 2.99. The smallest absolute Gasteiger partial charge is 0.319 e. The standard InChI is InChI=1S/C18H20N2O3/c1-22-15-7-8-17(23-2)16(11-15)20-18(21)19-14-9-12-5-3-4-6-13(12)10-14/h3-8,11,14H,9-10H2,1-2H3,(H2,19,20,21). The Hall–Kier alpha value is -2.69. The molecule has 2 N–H and O–H groups in total. The minimum Gasteiger partial charge on any atom is -0.497 e. The molecule has 0 fully saturated rings. The van der Waals surface area contributed by atoms with Gasteiger partial charge in [-0.15, -0.1) is 0 Å². The molecule has 0 bridgehead atoms. The molecule has 0 radical (unpaired) electrons. The highest BCUT2D eigenvalue weighted by molar-refractivity contribution is 5.91. The first kappa shape index (κ1) is 15.2. The van der Waals surface area contributed by atoms with Crippen molar-refractivity contribution in [1.29, 1.82) is 0 Å². The van der Waals surface area contributed by atoms with Crippen LogP contribution in [0.25, 0.3) is 0 Å². The SMILES string of the molecule is COc1ccc(OC)c(NC(=O)NC2Cc3ccccc3C2)c1. The lowest BCUT2D eigenvalue weighted by molar-refractivity contribution is 0.248. The molecule has 0 unspecified atom stereocenters. The second kappa shape index (κ2) is 6.60. The van der Waals surface area contributed by atoms with Gasteiger partial charge in [0.25, 0.3) is 0 Å². The molecule has 3 rings (SSSR count). The fraction of sp³-hybridized carbons (Fsp3) is 0.278. The van der Waals surface area contributed by atoms with Crippen LogP contribution in [0.3, 0.4) is 0 Å². The topological polar surface area (TPSA) is 59.6 Å². The van der Waals surface area contributed by atoms with E-state index in [0.717, 1.165) is 12.8 Å². The van der Waals surface area contributed by atoms with E-state index < -0.39 is 0 Å². The van der Waals surface area contributed by atoms with Gasteiger partial charge in [-0.05, 0) is 36.1 Å². The van der Waals surface area contributed by atoms with Crippen LogP contribution < -0.4 is 20.1 Å². The lowest BCUT2D eigenvalue weighted by Crippen LogP contribution is -2.38. The van der Waals surface area contributed by atoms with Gasteiger partial charge < -0.3 is 20.1 Å².